The third-order valence-electron chi connectivity index (χ3n) is 3.51. The van der Waals surface area contributed by atoms with Crippen LogP contribution in [-0.4, -0.2) is 36.9 Å². The Morgan fingerprint density at radius 3 is 2.64 bits per heavy atom. The van der Waals surface area contributed by atoms with Crippen LogP contribution in [0.3, 0.4) is 0 Å². The fourth-order valence-electron chi connectivity index (χ4n) is 2.22. The fourth-order valence-corrected chi connectivity index (χ4v) is 4.66. The predicted molar refractivity (Wildman–Crippen MR) is 107 cm³/mol. The zero-order valence-corrected chi connectivity index (χ0v) is 17.1. The highest BCUT2D eigenvalue weighted by molar-refractivity contribution is 8.01. The summed E-state index contributed by atoms with van der Waals surface area (Å²) in [5.74, 6) is 0.638. The average molecular weight is 439 g/mol. The lowest BCUT2D eigenvalue weighted by Crippen LogP contribution is -1.99. The standard InChI is InChI=1S/C16H14N4O5S3/c1-25-13-6-4-3-5-11(13)17-15-18-19-16(27-15)26-14-8-7-10(28(2,23)24)9-12(14)20(21)22/h3-9H,1-2H3,(H,17,18). The second-order valence-corrected chi connectivity index (χ2v) is 9.74. The molecule has 0 fully saturated rings. The third-order valence-corrected chi connectivity index (χ3v) is 6.57. The second kappa shape index (κ2) is 8.12. The molecule has 0 spiro atoms. The SMILES string of the molecule is COc1ccccc1Nc1nnc(Sc2ccc(S(C)(=O)=O)cc2[N+](=O)[O-])s1. The Labute approximate surface area is 168 Å². The summed E-state index contributed by atoms with van der Waals surface area (Å²) in [6, 6.07) is 11.1. The van der Waals surface area contributed by atoms with E-state index in [1.54, 1.807) is 13.2 Å². The summed E-state index contributed by atoms with van der Waals surface area (Å²) in [6.45, 7) is 0. The van der Waals surface area contributed by atoms with E-state index in [9.17, 15) is 18.5 Å². The molecule has 1 heterocycles. The van der Waals surface area contributed by atoms with Crippen LogP contribution >= 0.6 is 23.1 Å². The van der Waals surface area contributed by atoms with E-state index in [0.29, 0.717) is 20.9 Å². The number of hydrogen-bond donors (Lipinski definition) is 1. The number of anilines is 2. The molecular formula is C16H14N4O5S3. The molecule has 146 valence electrons. The lowest BCUT2D eigenvalue weighted by molar-refractivity contribution is -0.388. The van der Waals surface area contributed by atoms with Crippen molar-refractivity contribution in [3.8, 4) is 5.75 Å². The van der Waals surface area contributed by atoms with Crippen molar-refractivity contribution in [2.24, 2.45) is 0 Å². The van der Waals surface area contributed by atoms with Gasteiger partial charge in [0, 0.05) is 12.3 Å². The lowest BCUT2D eigenvalue weighted by atomic mass is 10.3. The Kier molecular flexibility index (Phi) is 5.82. The number of aromatic nitrogens is 2. The first-order valence-corrected chi connectivity index (χ1v) is 11.2. The molecule has 28 heavy (non-hydrogen) atoms. The maximum Gasteiger partial charge on any atom is 0.284 e. The maximum absolute atomic E-state index is 11.6. The number of sulfone groups is 1. The molecule has 1 aromatic heterocycles. The van der Waals surface area contributed by atoms with Gasteiger partial charge in [-0.2, -0.15) is 0 Å². The van der Waals surface area contributed by atoms with E-state index in [4.69, 9.17) is 4.74 Å². The molecule has 0 saturated heterocycles. The van der Waals surface area contributed by atoms with Gasteiger partial charge in [-0.15, -0.1) is 10.2 Å². The van der Waals surface area contributed by atoms with Gasteiger partial charge < -0.3 is 10.1 Å². The first-order chi connectivity index (χ1) is 13.3. The number of nitrogens with zero attached hydrogens (tertiary/aromatic N) is 3. The van der Waals surface area contributed by atoms with Crippen LogP contribution in [0, 0.1) is 10.1 Å². The van der Waals surface area contributed by atoms with Crippen molar-refractivity contribution in [2.75, 3.05) is 18.7 Å². The number of benzene rings is 2. The Hall–Kier alpha value is -2.70. The van der Waals surface area contributed by atoms with E-state index in [1.165, 1.54) is 23.5 Å². The summed E-state index contributed by atoms with van der Waals surface area (Å²) < 4.78 is 29.0. The first kappa shape index (κ1) is 20.0. The van der Waals surface area contributed by atoms with Crippen LogP contribution in [0.4, 0.5) is 16.5 Å². The zero-order chi connectivity index (χ0) is 20.3. The molecule has 0 unspecified atom stereocenters. The second-order valence-electron chi connectivity index (χ2n) is 5.46. The minimum absolute atomic E-state index is 0.112. The number of nitro groups is 1. The van der Waals surface area contributed by atoms with Crippen molar-refractivity contribution in [1.29, 1.82) is 0 Å². The lowest BCUT2D eigenvalue weighted by Gasteiger charge is -2.07. The molecule has 0 radical (unpaired) electrons. The van der Waals surface area contributed by atoms with Gasteiger partial charge in [-0.05, 0) is 36.0 Å². The highest BCUT2D eigenvalue weighted by atomic mass is 32.2. The molecule has 12 heteroatoms. The largest absolute Gasteiger partial charge is 0.495 e. The number of rotatable bonds is 7. The van der Waals surface area contributed by atoms with Crippen LogP contribution in [0.5, 0.6) is 5.75 Å². The summed E-state index contributed by atoms with van der Waals surface area (Å²) in [4.78, 5) is 10.9. The van der Waals surface area contributed by atoms with E-state index in [2.05, 4.69) is 15.5 Å². The number of methoxy groups -OCH3 is 1. The topological polar surface area (TPSA) is 124 Å². The average Bonchev–Trinajstić information content (AvgIpc) is 3.08. The number of ether oxygens (including phenoxy) is 1. The molecule has 3 rings (SSSR count). The van der Waals surface area contributed by atoms with Crippen LogP contribution in [0.25, 0.3) is 0 Å². The van der Waals surface area contributed by atoms with Gasteiger partial charge in [-0.1, -0.05) is 23.5 Å². The highest BCUT2D eigenvalue weighted by Crippen LogP contribution is 2.39. The fraction of sp³-hybridized carbons (Fsp3) is 0.125. The molecule has 0 aliphatic rings. The van der Waals surface area contributed by atoms with Crippen molar-refractivity contribution in [1.82, 2.24) is 10.2 Å². The van der Waals surface area contributed by atoms with Crippen LogP contribution in [0.1, 0.15) is 0 Å². The molecule has 0 bridgehead atoms. The predicted octanol–water partition coefficient (Wildman–Crippen LogP) is 3.75. The minimum atomic E-state index is -3.55. The Morgan fingerprint density at radius 1 is 1.21 bits per heavy atom. The molecule has 0 atom stereocenters. The van der Waals surface area contributed by atoms with Gasteiger partial charge in [-0.3, -0.25) is 10.1 Å². The van der Waals surface area contributed by atoms with E-state index in [1.807, 2.05) is 18.2 Å². The molecule has 0 saturated carbocycles. The Morgan fingerprint density at radius 2 is 1.96 bits per heavy atom. The summed E-state index contributed by atoms with van der Waals surface area (Å²) in [6.07, 6.45) is 0.999. The van der Waals surface area contributed by atoms with Crippen LogP contribution < -0.4 is 10.1 Å². The number of nitrogens with one attached hydrogen (secondary N) is 1. The molecule has 0 aliphatic heterocycles. The van der Waals surface area contributed by atoms with Gasteiger partial charge in [0.25, 0.3) is 5.69 Å². The van der Waals surface area contributed by atoms with Gasteiger partial charge in [0.15, 0.2) is 14.2 Å². The van der Waals surface area contributed by atoms with Crippen molar-refractivity contribution in [3.05, 3.63) is 52.6 Å². The summed E-state index contributed by atoms with van der Waals surface area (Å²) in [5, 5.41) is 23.0. The van der Waals surface area contributed by atoms with E-state index >= 15 is 0 Å². The summed E-state index contributed by atoms with van der Waals surface area (Å²) >= 11 is 2.25. The van der Waals surface area contributed by atoms with Crippen molar-refractivity contribution in [3.63, 3.8) is 0 Å². The monoisotopic (exact) mass is 438 g/mol. The summed E-state index contributed by atoms with van der Waals surface area (Å²) in [5.41, 5.74) is 0.406. The molecule has 0 amide bonds. The molecule has 1 N–H and O–H groups in total. The first-order valence-electron chi connectivity index (χ1n) is 7.68. The van der Waals surface area contributed by atoms with Crippen LogP contribution in [0.15, 0.2) is 56.6 Å². The number of para-hydroxylation sites is 2. The van der Waals surface area contributed by atoms with Gasteiger partial charge >= 0.3 is 0 Å². The van der Waals surface area contributed by atoms with E-state index < -0.39 is 14.8 Å². The third kappa shape index (κ3) is 4.58. The Balaban J connectivity index is 1.84. The number of hydrogen-bond acceptors (Lipinski definition) is 10. The van der Waals surface area contributed by atoms with Crippen molar-refractivity contribution >= 4 is 49.4 Å². The maximum atomic E-state index is 11.6. The molecule has 2 aromatic carbocycles. The quantitative estimate of drug-likeness (QED) is 0.433. The minimum Gasteiger partial charge on any atom is -0.495 e. The molecule has 3 aromatic rings. The van der Waals surface area contributed by atoms with Gasteiger partial charge in [0.1, 0.15) is 5.75 Å². The van der Waals surface area contributed by atoms with E-state index in [-0.39, 0.29) is 15.5 Å². The molecule has 9 nitrogen and oxygen atoms in total. The van der Waals surface area contributed by atoms with Gasteiger partial charge in [0.05, 0.1) is 27.5 Å². The van der Waals surface area contributed by atoms with Crippen molar-refractivity contribution in [2.45, 2.75) is 14.1 Å². The molecule has 0 aliphatic carbocycles. The van der Waals surface area contributed by atoms with Crippen LogP contribution in [0.2, 0.25) is 0 Å². The van der Waals surface area contributed by atoms with Gasteiger partial charge in [-0.25, -0.2) is 8.42 Å². The Bertz CT molecular complexity index is 1130. The van der Waals surface area contributed by atoms with E-state index in [0.717, 1.165) is 24.1 Å². The molecular weight excluding hydrogens is 424 g/mol. The highest BCUT2D eigenvalue weighted by Gasteiger charge is 2.21. The smallest absolute Gasteiger partial charge is 0.284 e. The zero-order valence-electron chi connectivity index (χ0n) is 14.6. The van der Waals surface area contributed by atoms with Crippen molar-refractivity contribution < 1.29 is 18.1 Å². The van der Waals surface area contributed by atoms with Crippen LogP contribution in [-0.2, 0) is 9.84 Å². The number of nitro benzene ring substituents is 1. The van der Waals surface area contributed by atoms with Gasteiger partial charge in [0.2, 0.25) is 5.13 Å². The summed E-state index contributed by atoms with van der Waals surface area (Å²) in [7, 11) is -1.99. The normalized spacial score (nSPS) is 11.2.